The fraction of sp³-hybridized carbons (Fsp3) is 0.889. The first-order valence-electron chi connectivity index (χ1n) is 5.04. The lowest BCUT2D eigenvalue weighted by Gasteiger charge is -2.33. The quantitative estimate of drug-likeness (QED) is 0.718. The molecule has 0 amide bonds. The van der Waals surface area contributed by atoms with Crippen LogP contribution in [0.15, 0.2) is 0 Å². The van der Waals surface area contributed by atoms with Crippen LogP contribution in [0, 0.1) is 0 Å². The summed E-state index contributed by atoms with van der Waals surface area (Å²) in [6, 6.07) is -0.595. The monoisotopic (exact) mass is 273 g/mol. The number of hydrogen-bond acceptors (Lipinski definition) is 5. The number of ether oxygens (including phenoxy) is 2. The van der Waals surface area contributed by atoms with Gasteiger partial charge in [-0.3, -0.25) is 9.69 Å². The summed E-state index contributed by atoms with van der Waals surface area (Å²) in [5, 5.41) is 0. The molecule has 0 spiro atoms. The number of rotatable bonds is 4. The maximum atomic E-state index is 12.0. The molecule has 1 saturated heterocycles. The molecule has 1 rings (SSSR count). The summed E-state index contributed by atoms with van der Waals surface area (Å²) in [5.74, 6) is -0.571. The third-order valence-electron chi connectivity index (χ3n) is 2.36. The smallest absolute Gasteiger partial charge is 0.441 e. The van der Waals surface area contributed by atoms with Crippen LogP contribution in [0.4, 0.5) is 13.2 Å². The van der Waals surface area contributed by atoms with Crippen molar-refractivity contribution in [3.63, 3.8) is 0 Å². The van der Waals surface area contributed by atoms with E-state index in [0.717, 1.165) is 0 Å². The summed E-state index contributed by atoms with van der Waals surface area (Å²) >= 11 is -0.0860. The molecule has 0 bridgehead atoms. The van der Waals surface area contributed by atoms with E-state index in [9.17, 15) is 18.0 Å². The third kappa shape index (κ3) is 5.13. The molecule has 17 heavy (non-hydrogen) atoms. The van der Waals surface area contributed by atoms with E-state index in [-0.39, 0.29) is 30.7 Å². The van der Waals surface area contributed by atoms with Gasteiger partial charge in [0.1, 0.15) is 6.04 Å². The maximum absolute atomic E-state index is 12.0. The largest absolute Gasteiger partial charge is 0.468 e. The highest BCUT2D eigenvalue weighted by atomic mass is 32.2. The van der Waals surface area contributed by atoms with Gasteiger partial charge in [0.2, 0.25) is 0 Å². The zero-order chi connectivity index (χ0) is 12.9. The van der Waals surface area contributed by atoms with Crippen molar-refractivity contribution in [3.05, 3.63) is 0 Å². The van der Waals surface area contributed by atoms with E-state index in [0.29, 0.717) is 13.2 Å². The van der Waals surface area contributed by atoms with Gasteiger partial charge in [-0.05, 0) is 11.8 Å². The lowest BCUT2D eigenvalue weighted by Crippen LogP contribution is -2.51. The van der Waals surface area contributed by atoms with Crippen LogP contribution in [-0.2, 0) is 14.3 Å². The molecule has 1 unspecified atom stereocenters. The summed E-state index contributed by atoms with van der Waals surface area (Å²) in [7, 11) is 1.25. The summed E-state index contributed by atoms with van der Waals surface area (Å²) in [5.41, 5.74) is -4.23. The number of thioether (sulfide) groups is 1. The Morgan fingerprint density at radius 1 is 1.59 bits per heavy atom. The van der Waals surface area contributed by atoms with Crippen LogP contribution in [0.25, 0.3) is 0 Å². The molecule has 0 N–H and O–H groups in total. The number of alkyl halides is 3. The van der Waals surface area contributed by atoms with E-state index in [2.05, 4.69) is 4.74 Å². The summed E-state index contributed by atoms with van der Waals surface area (Å²) < 4.78 is 45.6. The predicted octanol–water partition coefficient (Wildman–Crippen LogP) is 1.11. The second kappa shape index (κ2) is 6.46. The Balaban J connectivity index is 2.40. The third-order valence-corrected chi connectivity index (χ3v) is 3.07. The number of hydrogen-bond donors (Lipinski definition) is 0. The van der Waals surface area contributed by atoms with Crippen molar-refractivity contribution in [1.82, 2.24) is 4.90 Å². The molecule has 1 fully saturated rings. The highest BCUT2D eigenvalue weighted by Gasteiger charge is 2.32. The van der Waals surface area contributed by atoms with Crippen LogP contribution in [0.1, 0.15) is 0 Å². The van der Waals surface area contributed by atoms with Crippen LogP contribution in [0.5, 0.6) is 0 Å². The first kappa shape index (κ1) is 14.6. The summed E-state index contributed by atoms with van der Waals surface area (Å²) in [4.78, 5) is 13.0. The summed E-state index contributed by atoms with van der Waals surface area (Å²) in [6.45, 7) is 1.22. The Labute approximate surface area is 101 Å². The Kier molecular flexibility index (Phi) is 5.54. The Morgan fingerprint density at radius 3 is 2.88 bits per heavy atom. The van der Waals surface area contributed by atoms with Crippen molar-refractivity contribution in [2.45, 2.75) is 11.6 Å². The molecular weight excluding hydrogens is 259 g/mol. The molecule has 1 aliphatic heterocycles. The van der Waals surface area contributed by atoms with Gasteiger partial charge in [0.05, 0.1) is 20.3 Å². The van der Waals surface area contributed by atoms with Gasteiger partial charge in [0, 0.05) is 18.8 Å². The van der Waals surface area contributed by atoms with Crippen molar-refractivity contribution < 1.29 is 27.4 Å². The van der Waals surface area contributed by atoms with Gasteiger partial charge in [-0.25, -0.2) is 0 Å². The van der Waals surface area contributed by atoms with Gasteiger partial charge in [-0.15, -0.1) is 0 Å². The second-order valence-corrected chi connectivity index (χ2v) is 4.60. The molecule has 0 aliphatic carbocycles. The molecule has 0 aromatic rings. The lowest BCUT2D eigenvalue weighted by molar-refractivity contribution is -0.153. The van der Waals surface area contributed by atoms with E-state index in [1.54, 1.807) is 4.90 Å². The van der Waals surface area contributed by atoms with Gasteiger partial charge < -0.3 is 9.47 Å². The topological polar surface area (TPSA) is 38.8 Å². The summed E-state index contributed by atoms with van der Waals surface area (Å²) in [6.07, 6.45) is 0. The molecule has 0 radical (unpaired) electrons. The van der Waals surface area contributed by atoms with Crippen LogP contribution in [0.2, 0.25) is 0 Å². The highest BCUT2D eigenvalue weighted by molar-refractivity contribution is 8.00. The van der Waals surface area contributed by atoms with Crippen molar-refractivity contribution in [2.24, 2.45) is 0 Å². The molecule has 1 aliphatic rings. The average molecular weight is 273 g/mol. The van der Waals surface area contributed by atoms with E-state index >= 15 is 0 Å². The SMILES string of the molecule is COC(=O)C1COCCN1CCSC(F)(F)F. The molecule has 0 aromatic carbocycles. The first-order valence-corrected chi connectivity index (χ1v) is 6.03. The van der Waals surface area contributed by atoms with Crippen molar-refractivity contribution in [1.29, 1.82) is 0 Å². The fourth-order valence-electron chi connectivity index (χ4n) is 1.54. The number of morpholine rings is 1. The van der Waals surface area contributed by atoms with E-state index in [1.165, 1.54) is 7.11 Å². The molecule has 100 valence electrons. The number of halogens is 3. The molecule has 0 saturated carbocycles. The first-order chi connectivity index (χ1) is 7.94. The average Bonchev–Trinajstić information content (AvgIpc) is 2.27. The van der Waals surface area contributed by atoms with Crippen LogP contribution in [0.3, 0.4) is 0 Å². The van der Waals surface area contributed by atoms with Crippen LogP contribution in [-0.4, -0.2) is 61.6 Å². The molecular formula is C9H14F3NO3S. The van der Waals surface area contributed by atoms with Gasteiger partial charge >= 0.3 is 11.5 Å². The number of nitrogens with zero attached hydrogens (tertiary/aromatic N) is 1. The van der Waals surface area contributed by atoms with E-state index in [4.69, 9.17) is 4.74 Å². The van der Waals surface area contributed by atoms with Crippen molar-refractivity contribution in [3.8, 4) is 0 Å². The molecule has 8 heteroatoms. The Morgan fingerprint density at radius 2 is 2.29 bits per heavy atom. The zero-order valence-electron chi connectivity index (χ0n) is 9.33. The molecule has 1 heterocycles. The zero-order valence-corrected chi connectivity index (χ0v) is 10.1. The van der Waals surface area contributed by atoms with E-state index in [1.807, 2.05) is 0 Å². The molecule has 4 nitrogen and oxygen atoms in total. The number of carbonyl (C=O) groups excluding carboxylic acids is 1. The van der Waals surface area contributed by atoms with Gasteiger partial charge in [-0.1, -0.05) is 0 Å². The van der Waals surface area contributed by atoms with Gasteiger partial charge in [-0.2, -0.15) is 13.2 Å². The van der Waals surface area contributed by atoms with Gasteiger partial charge in [0.15, 0.2) is 0 Å². The minimum atomic E-state index is -4.23. The number of carbonyl (C=O) groups is 1. The number of esters is 1. The van der Waals surface area contributed by atoms with Crippen molar-refractivity contribution >= 4 is 17.7 Å². The number of methoxy groups -OCH3 is 1. The molecule has 1 atom stereocenters. The Hall–Kier alpha value is -0.470. The molecule has 0 aromatic heterocycles. The second-order valence-electron chi connectivity index (χ2n) is 3.44. The standard InChI is InChI=1S/C9H14F3NO3S/c1-15-8(14)7-6-16-4-2-13(7)3-5-17-9(10,11)12/h7H,2-6H2,1H3. The Bertz CT molecular complexity index is 262. The predicted molar refractivity (Wildman–Crippen MR) is 56.7 cm³/mol. The minimum Gasteiger partial charge on any atom is -0.468 e. The van der Waals surface area contributed by atoms with E-state index < -0.39 is 17.5 Å². The fourth-order valence-corrected chi connectivity index (χ4v) is 2.09. The lowest BCUT2D eigenvalue weighted by atomic mass is 10.2. The van der Waals surface area contributed by atoms with Crippen LogP contribution >= 0.6 is 11.8 Å². The van der Waals surface area contributed by atoms with Gasteiger partial charge in [0.25, 0.3) is 0 Å². The van der Waals surface area contributed by atoms with Crippen LogP contribution < -0.4 is 0 Å². The normalized spacial score (nSPS) is 22.5. The maximum Gasteiger partial charge on any atom is 0.441 e. The van der Waals surface area contributed by atoms with Crippen molar-refractivity contribution in [2.75, 3.05) is 39.2 Å². The highest BCUT2D eigenvalue weighted by Crippen LogP contribution is 2.30. The minimum absolute atomic E-state index is 0.0860.